The van der Waals surface area contributed by atoms with Crippen LogP contribution in [0.2, 0.25) is 0 Å². The average molecular weight is 421 g/mol. The first-order chi connectivity index (χ1) is 14.0. The SMILES string of the molecule is O=C(/C=C/c1ccc(S(=O)(=O)N2CCCCCC2)cc1)OCC(=O)N1CCCC1. The van der Waals surface area contributed by atoms with Gasteiger partial charge in [0.25, 0.3) is 5.91 Å². The van der Waals surface area contributed by atoms with E-state index in [0.717, 1.165) is 51.6 Å². The summed E-state index contributed by atoms with van der Waals surface area (Å²) in [6, 6.07) is 6.43. The minimum Gasteiger partial charge on any atom is -0.452 e. The van der Waals surface area contributed by atoms with Crippen molar-refractivity contribution in [3.05, 3.63) is 35.9 Å². The second-order valence-corrected chi connectivity index (χ2v) is 9.35. The van der Waals surface area contributed by atoms with Crippen LogP contribution >= 0.6 is 0 Å². The van der Waals surface area contributed by atoms with Crippen LogP contribution in [0.3, 0.4) is 0 Å². The quantitative estimate of drug-likeness (QED) is 0.521. The van der Waals surface area contributed by atoms with Crippen LogP contribution in [0, 0.1) is 0 Å². The zero-order valence-corrected chi connectivity index (χ0v) is 17.4. The van der Waals surface area contributed by atoms with E-state index >= 15 is 0 Å². The van der Waals surface area contributed by atoms with Crippen LogP contribution in [0.15, 0.2) is 35.2 Å². The van der Waals surface area contributed by atoms with Gasteiger partial charge in [-0.3, -0.25) is 4.79 Å². The summed E-state index contributed by atoms with van der Waals surface area (Å²) < 4.78 is 32.1. The van der Waals surface area contributed by atoms with Gasteiger partial charge in [-0.05, 0) is 49.5 Å². The van der Waals surface area contributed by atoms with Crippen LogP contribution in [0.1, 0.15) is 44.1 Å². The Balaban J connectivity index is 1.53. The molecule has 2 fully saturated rings. The zero-order chi connectivity index (χ0) is 20.7. The van der Waals surface area contributed by atoms with Crippen molar-refractivity contribution in [3.8, 4) is 0 Å². The van der Waals surface area contributed by atoms with Crippen LogP contribution < -0.4 is 0 Å². The normalized spacial score (nSPS) is 18.7. The molecule has 29 heavy (non-hydrogen) atoms. The van der Waals surface area contributed by atoms with Crippen LogP contribution in [-0.4, -0.2) is 62.3 Å². The largest absolute Gasteiger partial charge is 0.452 e. The molecular weight excluding hydrogens is 392 g/mol. The molecule has 0 unspecified atom stereocenters. The molecule has 0 aromatic heterocycles. The Kier molecular flexibility index (Phi) is 7.44. The van der Waals surface area contributed by atoms with Crippen molar-refractivity contribution >= 4 is 28.0 Å². The molecule has 1 amide bonds. The minimum atomic E-state index is -3.48. The molecule has 2 saturated heterocycles. The molecule has 0 spiro atoms. The highest BCUT2D eigenvalue weighted by Gasteiger charge is 2.24. The van der Waals surface area contributed by atoms with Crippen LogP contribution in [0.4, 0.5) is 0 Å². The van der Waals surface area contributed by atoms with E-state index in [1.807, 2.05) is 0 Å². The van der Waals surface area contributed by atoms with Crippen LogP contribution in [0.25, 0.3) is 6.08 Å². The molecule has 0 saturated carbocycles. The Labute approximate surface area is 172 Å². The van der Waals surface area contributed by atoms with Crippen molar-refractivity contribution < 1.29 is 22.7 Å². The van der Waals surface area contributed by atoms with Crippen molar-refractivity contribution in [3.63, 3.8) is 0 Å². The van der Waals surface area contributed by atoms with E-state index in [-0.39, 0.29) is 17.4 Å². The van der Waals surface area contributed by atoms with E-state index in [1.54, 1.807) is 39.5 Å². The molecule has 0 bridgehead atoms. The lowest BCUT2D eigenvalue weighted by molar-refractivity contribution is -0.147. The van der Waals surface area contributed by atoms with Gasteiger partial charge in [-0.15, -0.1) is 0 Å². The summed E-state index contributed by atoms with van der Waals surface area (Å²) in [6.45, 7) is 2.31. The molecule has 0 aliphatic carbocycles. The van der Waals surface area contributed by atoms with E-state index in [1.165, 1.54) is 6.08 Å². The molecule has 1 aromatic rings. The molecule has 0 radical (unpaired) electrons. The number of esters is 1. The Hall–Kier alpha value is -2.19. The van der Waals surface area contributed by atoms with Gasteiger partial charge in [-0.25, -0.2) is 13.2 Å². The summed E-state index contributed by atoms with van der Waals surface area (Å²) in [7, 11) is -3.48. The van der Waals surface area contributed by atoms with Crippen molar-refractivity contribution in [2.75, 3.05) is 32.8 Å². The fourth-order valence-electron chi connectivity index (χ4n) is 3.59. The molecule has 0 N–H and O–H groups in total. The number of carbonyl (C=O) groups is 2. The van der Waals surface area contributed by atoms with E-state index in [9.17, 15) is 18.0 Å². The Morgan fingerprint density at radius 3 is 2.10 bits per heavy atom. The third-order valence-corrected chi connectivity index (χ3v) is 7.20. The Morgan fingerprint density at radius 1 is 0.897 bits per heavy atom. The van der Waals surface area contributed by atoms with Crippen LogP contribution in [-0.2, 0) is 24.3 Å². The summed E-state index contributed by atoms with van der Waals surface area (Å²) in [5.41, 5.74) is 0.683. The molecule has 2 heterocycles. The topological polar surface area (TPSA) is 84.0 Å². The predicted octanol–water partition coefficient (Wildman–Crippen LogP) is 2.43. The van der Waals surface area contributed by atoms with Gasteiger partial charge in [0.05, 0.1) is 4.90 Å². The van der Waals surface area contributed by atoms with E-state index in [0.29, 0.717) is 18.7 Å². The number of hydrogen-bond donors (Lipinski definition) is 0. The van der Waals surface area contributed by atoms with Crippen molar-refractivity contribution in [1.29, 1.82) is 0 Å². The van der Waals surface area contributed by atoms with Gasteiger partial charge in [0, 0.05) is 32.3 Å². The molecule has 7 nitrogen and oxygen atoms in total. The number of hydrogen-bond acceptors (Lipinski definition) is 5. The summed E-state index contributed by atoms with van der Waals surface area (Å²) in [4.78, 5) is 25.6. The third kappa shape index (κ3) is 5.90. The number of benzene rings is 1. The number of ether oxygens (including phenoxy) is 1. The summed E-state index contributed by atoms with van der Waals surface area (Å²) in [5.74, 6) is -0.772. The molecule has 8 heteroatoms. The van der Waals surface area contributed by atoms with E-state index in [2.05, 4.69) is 0 Å². The van der Waals surface area contributed by atoms with Gasteiger partial charge >= 0.3 is 5.97 Å². The maximum atomic E-state index is 12.8. The first-order valence-corrected chi connectivity index (χ1v) is 11.6. The Bertz CT molecular complexity index is 834. The smallest absolute Gasteiger partial charge is 0.331 e. The second-order valence-electron chi connectivity index (χ2n) is 7.42. The maximum absolute atomic E-state index is 12.8. The van der Waals surface area contributed by atoms with E-state index < -0.39 is 16.0 Å². The molecule has 158 valence electrons. The third-order valence-electron chi connectivity index (χ3n) is 5.29. The molecule has 1 aromatic carbocycles. The summed E-state index contributed by atoms with van der Waals surface area (Å²) in [6.07, 6.45) is 8.68. The number of amides is 1. The highest BCUT2D eigenvalue weighted by molar-refractivity contribution is 7.89. The number of rotatable bonds is 6. The van der Waals surface area contributed by atoms with Gasteiger partial charge in [-0.2, -0.15) is 4.31 Å². The van der Waals surface area contributed by atoms with Crippen molar-refractivity contribution in [2.24, 2.45) is 0 Å². The van der Waals surface area contributed by atoms with Gasteiger partial charge in [0.1, 0.15) is 0 Å². The van der Waals surface area contributed by atoms with Gasteiger partial charge in [-0.1, -0.05) is 25.0 Å². The maximum Gasteiger partial charge on any atom is 0.331 e. The van der Waals surface area contributed by atoms with E-state index in [4.69, 9.17) is 4.74 Å². The monoisotopic (exact) mass is 420 g/mol. The summed E-state index contributed by atoms with van der Waals surface area (Å²) >= 11 is 0. The standard InChI is InChI=1S/C21H28N2O5S/c24-20(22-13-5-6-14-22)17-28-21(25)12-9-18-7-10-19(11-8-18)29(26,27)23-15-3-1-2-4-16-23/h7-12H,1-6,13-17H2/b12-9+. The zero-order valence-electron chi connectivity index (χ0n) is 16.6. The van der Waals surface area contributed by atoms with Crippen molar-refractivity contribution in [2.45, 2.75) is 43.4 Å². The molecule has 0 atom stereocenters. The lowest BCUT2D eigenvalue weighted by Gasteiger charge is -2.19. The number of likely N-dealkylation sites (tertiary alicyclic amines) is 1. The fourth-order valence-corrected chi connectivity index (χ4v) is 5.10. The number of carbonyl (C=O) groups excluding carboxylic acids is 2. The fraction of sp³-hybridized carbons (Fsp3) is 0.524. The first kappa shape index (κ1) is 21.5. The minimum absolute atomic E-state index is 0.174. The Morgan fingerprint density at radius 2 is 1.48 bits per heavy atom. The lowest BCUT2D eigenvalue weighted by atomic mass is 10.2. The summed E-state index contributed by atoms with van der Waals surface area (Å²) in [5, 5.41) is 0. The van der Waals surface area contributed by atoms with Crippen LogP contribution in [0.5, 0.6) is 0 Å². The highest BCUT2D eigenvalue weighted by Crippen LogP contribution is 2.21. The number of nitrogens with zero attached hydrogens (tertiary/aromatic N) is 2. The lowest BCUT2D eigenvalue weighted by Crippen LogP contribution is -2.31. The molecule has 2 aliphatic heterocycles. The molecular formula is C21H28N2O5S. The van der Waals surface area contributed by atoms with Gasteiger partial charge in [0.2, 0.25) is 10.0 Å². The predicted molar refractivity (Wildman–Crippen MR) is 109 cm³/mol. The first-order valence-electron chi connectivity index (χ1n) is 10.2. The second kappa shape index (κ2) is 10.0. The molecule has 2 aliphatic rings. The van der Waals surface area contributed by atoms with Gasteiger partial charge < -0.3 is 9.64 Å². The van der Waals surface area contributed by atoms with Crippen molar-refractivity contribution in [1.82, 2.24) is 9.21 Å². The average Bonchev–Trinajstić information content (AvgIpc) is 3.12. The van der Waals surface area contributed by atoms with Gasteiger partial charge in [0.15, 0.2) is 6.61 Å². The molecule has 3 rings (SSSR count). The highest BCUT2D eigenvalue weighted by atomic mass is 32.2. The number of sulfonamides is 1.